The smallest absolute Gasteiger partial charge is 0.128 e. The quantitative estimate of drug-likeness (QED) is 0.610. The summed E-state index contributed by atoms with van der Waals surface area (Å²) in [7, 11) is 1.59. The number of terminal acetylenes is 1. The first kappa shape index (κ1) is 12.4. The summed E-state index contributed by atoms with van der Waals surface area (Å²) in [4.78, 5) is 0. The van der Waals surface area contributed by atoms with E-state index in [1.54, 1.807) is 32.2 Å². The molecule has 0 heterocycles. The standard InChI is InChI=1S/C13H16O3/c1-4-5-8-16-13-9-11(15-3)6-7-12(13)10(2)14/h1,6-7,9-10,14H,5,8H2,2-3H3. The highest BCUT2D eigenvalue weighted by Gasteiger charge is 2.10. The number of hydrogen-bond donors (Lipinski definition) is 1. The zero-order chi connectivity index (χ0) is 12.0. The Bertz CT molecular complexity index is 377. The molecule has 0 saturated heterocycles. The van der Waals surface area contributed by atoms with E-state index in [1.165, 1.54) is 0 Å². The lowest BCUT2D eigenvalue weighted by Crippen LogP contribution is -2.02. The highest BCUT2D eigenvalue weighted by molar-refractivity contribution is 5.41. The van der Waals surface area contributed by atoms with Crippen LogP contribution in [0.1, 0.15) is 25.0 Å². The lowest BCUT2D eigenvalue weighted by atomic mass is 10.1. The molecule has 0 bridgehead atoms. The van der Waals surface area contributed by atoms with Gasteiger partial charge in [-0.1, -0.05) is 0 Å². The van der Waals surface area contributed by atoms with E-state index in [0.717, 1.165) is 5.56 Å². The van der Waals surface area contributed by atoms with Gasteiger partial charge in [0, 0.05) is 18.1 Å². The zero-order valence-electron chi connectivity index (χ0n) is 9.56. The van der Waals surface area contributed by atoms with Crippen LogP contribution in [0.5, 0.6) is 11.5 Å². The van der Waals surface area contributed by atoms with Gasteiger partial charge < -0.3 is 14.6 Å². The van der Waals surface area contributed by atoms with Gasteiger partial charge in [0.15, 0.2) is 0 Å². The Balaban J connectivity index is 2.88. The lowest BCUT2D eigenvalue weighted by molar-refractivity contribution is 0.191. The summed E-state index contributed by atoms with van der Waals surface area (Å²) in [5.74, 6) is 3.81. The van der Waals surface area contributed by atoms with Crippen LogP contribution in [0.3, 0.4) is 0 Å². The lowest BCUT2D eigenvalue weighted by Gasteiger charge is -2.14. The van der Waals surface area contributed by atoms with Crippen molar-refractivity contribution in [1.82, 2.24) is 0 Å². The van der Waals surface area contributed by atoms with Crippen molar-refractivity contribution in [1.29, 1.82) is 0 Å². The third-order valence-corrected chi connectivity index (χ3v) is 2.17. The van der Waals surface area contributed by atoms with Gasteiger partial charge in [0.05, 0.1) is 19.8 Å². The molecule has 0 aliphatic heterocycles. The first-order valence-corrected chi connectivity index (χ1v) is 5.11. The fourth-order valence-corrected chi connectivity index (χ4v) is 1.33. The van der Waals surface area contributed by atoms with E-state index in [4.69, 9.17) is 15.9 Å². The van der Waals surface area contributed by atoms with E-state index in [2.05, 4.69) is 5.92 Å². The van der Waals surface area contributed by atoms with E-state index in [0.29, 0.717) is 24.5 Å². The molecule has 1 aromatic carbocycles. The second-order valence-electron chi connectivity index (χ2n) is 3.38. The van der Waals surface area contributed by atoms with Crippen LogP contribution in [-0.2, 0) is 0 Å². The Labute approximate surface area is 96.0 Å². The van der Waals surface area contributed by atoms with Gasteiger partial charge >= 0.3 is 0 Å². The van der Waals surface area contributed by atoms with Crippen LogP contribution >= 0.6 is 0 Å². The largest absolute Gasteiger partial charge is 0.497 e. The van der Waals surface area contributed by atoms with Gasteiger partial charge in [0.2, 0.25) is 0 Å². The van der Waals surface area contributed by atoms with Gasteiger partial charge in [-0.15, -0.1) is 12.3 Å². The van der Waals surface area contributed by atoms with Crippen molar-refractivity contribution < 1.29 is 14.6 Å². The van der Waals surface area contributed by atoms with Crippen molar-refractivity contribution in [3.63, 3.8) is 0 Å². The number of aliphatic hydroxyl groups is 1. The van der Waals surface area contributed by atoms with Gasteiger partial charge in [0.25, 0.3) is 0 Å². The normalized spacial score (nSPS) is 11.6. The zero-order valence-corrected chi connectivity index (χ0v) is 9.56. The molecule has 86 valence electrons. The summed E-state index contributed by atoms with van der Waals surface area (Å²) in [6.45, 7) is 2.12. The first-order chi connectivity index (χ1) is 7.69. The molecule has 0 fully saturated rings. The van der Waals surface area contributed by atoms with Crippen LogP contribution in [0.15, 0.2) is 18.2 Å². The maximum absolute atomic E-state index is 9.56. The molecule has 1 atom stereocenters. The summed E-state index contributed by atoms with van der Waals surface area (Å²) in [5, 5.41) is 9.56. The third-order valence-electron chi connectivity index (χ3n) is 2.17. The minimum Gasteiger partial charge on any atom is -0.497 e. The second-order valence-corrected chi connectivity index (χ2v) is 3.38. The monoisotopic (exact) mass is 220 g/mol. The SMILES string of the molecule is C#CCCOc1cc(OC)ccc1C(C)O. The molecular weight excluding hydrogens is 204 g/mol. The predicted octanol–water partition coefficient (Wildman–Crippen LogP) is 2.15. The van der Waals surface area contributed by atoms with Crippen LogP contribution in [-0.4, -0.2) is 18.8 Å². The molecule has 0 aromatic heterocycles. The van der Waals surface area contributed by atoms with Crippen molar-refractivity contribution >= 4 is 0 Å². The van der Waals surface area contributed by atoms with Crippen molar-refractivity contribution in [3.8, 4) is 23.8 Å². The van der Waals surface area contributed by atoms with Crippen molar-refractivity contribution in [2.75, 3.05) is 13.7 Å². The first-order valence-electron chi connectivity index (χ1n) is 5.11. The molecule has 0 amide bonds. The Morgan fingerprint density at radius 2 is 2.25 bits per heavy atom. The fraction of sp³-hybridized carbons (Fsp3) is 0.385. The van der Waals surface area contributed by atoms with Gasteiger partial charge in [-0.3, -0.25) is 0 Å². The predicted molar refractivity (Wildman–Crippen MR) is 62.6 cm³/mol. The average Bonchev–Trinajstić information content (AvgIpc) is 2.29. The summed E-state index contributed by atoms with van der Waals surface area (Å²) < 4.78 is 10.6. The fourth-order valence-electron chi connectivity index (χ4n) is 1.33. The maximum Gasteiger partial charge on any atom is 0.128 e. The van der Waals surface area contributed by atoms with E-state index < -0.39 is 6.10 Å². The summed E-state index contributed by atoms with van der Waals surface area (Å²) in [5.41, 5.74) is 0.734. The van der Waals surface area contributed by atoms with E-state index in [1.807, 2.05) is 0 Å². The van der Waals surface area contributed by atoms with Crippen LogP contribution < -0.4 is 9.47 Å². The third kappa shape index (κ3) is 3.18. The number of methoxy groups -OCH3 is 1. The van der Waals surface area contributed by atoms with E-state index in [9.17, 15) is 5.11 Å². The van der Waals surface area contributed by atoms with Crippen LogP contribution in [0.2, 0.25) is 0 Å². The van der Waals surface area contributed by atoms with Crippen LogP contribution in [0.4, 0.5) is 0 Å². The number of aliphatic hydroxyl groups excluding tert-OH is 1. The molecular formula is C13H16O3. The molecule has 0 spiro atoms. The number of benzene rings is 1. The average molecular weight is 220 g/mol. The minimum absolute atomic E-state index is 0.434. The van der Waals surface area contributed by atoms with Gasteiger partial charge in [-0.2, -0.15) is 0 Å². The highest BCUT2D eigenvalue weighted by atomic mass is 16.5. The Hall–Kier alpha value is -1.66. The van der Waals surface area contributed by atoms with Crippen molar-refractivity contribution in [2.45, 2.75) is 19.4 Å². The molecule has 3 heteroatoms. The Kier molecular flexibility index (Phi) is 4.68. The van der Waals surface area contributed by atoms with Gasteiger partial charge in [-0.25, -0.2) is 0 Å². The van der Waals surface area contributed by atoms with Gasteiger partial charge in [-0.05, 0) is 19.1 Å². The minimum atomic E-state index is -0.577. The van der Waals surface area contributed by atoms with Crippen LogP contribution in [0.25, 0.3) is 0 Å². The van der Waals surface area contributed by atoms with E-state index >= 15 is 0 Å². The second kappa shape index (κ2) is 6.04. The summed E-state index contributed by atoms with van der Waals surface area (Å²) >= 11 is 0. The molecule has 3 nitrogen and oxygen atoms in total. The molecule has 1 aromatic rings. The Morgan fingerprint density at radius 3 is 2.81 bits per heavy atom. The molecule has 1 rings (SSSR count). The van der Waals surface area contributed by atoms with Crippen molar-refractivity contribution in [2.24, 2.45) is 0 Å². The number of rotatable bonds is 5. The Morgan fingerprint density at radius 1 is 1.50 bits per heavy atom. The molecule has 0 saturated carbocycles. The molecule has 0 aliphatic rings. The highest BCUT2D eigenvalue weighted by Crippen LogP contribution is 2.29. The number of ether oxygens (including phenoxy) is 2. The van der Waals surface area contributed by atoms with Crippen molar-refractivity contribution in [3.05, 3.63) is 23.8 Å². The maximum atomic E-state index is 9.56. The molecule has 0 radical (unpaired) electrons. The summed E-state index contributed by atoms with van der Waals surface area (Å²) in [6.07, 6.45) is 5.10. The van der Waals surface area contributed by atoms with Gasteiger partial charge in [0.1, 0.15) is 11.5 Å². The topological polar surface area (TPSA) is 38.7 Å². The molecule has 0 aliphatic carbocycles. The van der Waals surface area contributed by atoms with Crippen LogP contribution in [0, 0.1) is 12.3 Å². The molecule has 1 unspecified atom stereocenters. The van der Waals surface area contributed by atoms with E-state index in [-0.39, 0.29) is 0 Å². The molecule has 16 heavy (non-hydrogen) atoms. The molecule has 1 N–H and O–H groups in total. The number of hydrogen-bond acceptors (Lipinski definition) is 3. The summed E-state index contributed by atoms with van der Waals surface area (Å²) in [6, 6.07) is 5.32.